The van der Waals surface area contributed by atoms with Gasteiger partial charge < -0.3 is 14.2 Å². The van der Waals surface area contributed by atoms with Crippen LogP contribution < -0.4 is 9.64 Å². The first-order chi connectivity index (χ1) is 16.2. The number of aryl methyl sites for hydroxylation is 1. The maximum Gasteiger partial charge on any atom is 0.227 e. The molecule has 6 nitrogen and oxygen atoms in total. The van der Waals surface area contributed by atoms with Gasteiger partial charge in [-0.05, 0) is 55.3 Å². The van der Waals surface area contributed by atoms with Gasteiger partial charge in [0.25, 0.3) is 0 Å². The fourth-order valence-electron chi connectivity index (χ4n) is 3.78. The van der Waals surface area contributed by atoms with Crippen LogP contribution in [-0.4, -0.2) is 23.2 Å². The number of benzene rings is 3. The van der Waals surface area contributed by atoms with Crippen molar-refractivity contribution in [2.75, 3.05) is 12.0 Å². The van der Waals surface area contributed by atoms with E-state index in [9.17, 15) is 4.79 Å². The number of hydrogen-bond acceptors (Lipinski definition) is 5. The molecular weight excluding hydrogens is 414 g/mol. The van der Waals surface area contributed by atoms with Gasteiger partial charge in [-0.3, -0.25) is 4.79 Å². The van der Waals surface area contributed by atoms with E-state index in [1.165, 1.54) is 0 Å². The molecule has 3 aromatic carbocycles. The lowest BCUT2D eigenvalue weighted by atomic mass is 10.0. The summed E-state index contributed by atoms with van der Waals surface area (Å²) in [4.78, 5) is 19.6. The Hall–Kier alpha value is -3.93. The molecule has 0 aliphatic heterocycles. The molecule has 6 heteroatoms. The number of hydrogen-bond donors (Lipinski definition) is 0. The van der Waals surface area contributed by atoms with Crippen LogP contribution in [0.2, 0.25) is 0 Å². The number of anilines is 1. The molecule has 168 valence electrons. The molecule has 1 atom stereocenters. The van der Waals surface area contributed by atoms with E-state index >= 15 is 0 Å². The quantitative estimate of drug-likeness (QED) is 0.325. The van der Waals surface area contributed by atoms with E-state index in [-0.39, 0.29) is 11.9 Å². The van der Waals surface area contributed by atoms with E-state index in [1.54, 1.807) is 7.11 Å². The van der Waals surface area contributed by atoms with Gasteiger partial charge >= 0.3 is 0 Å². The van der Waals surface area contributed by atoms with Gasteiger partial charge in [-0.15, -0.1) is 0 Å². The smallest absolute Gasteiger partial charge is 0.227 e. The predicted octanol–water partition coefficient (Wildman–Crippen LogP) is 5.86. The number of nitrogens with zero attached hydrogens (tertiary/aromatic N) is 3. The first-order valence-corrected chi connectivity index (χ1v) is 11.0. The Morgan fingerprint density at radius 1 is 0.970 bits per heavy atom. The summed E-state index contributed by atoms with van der Waals surface area (Å²) in [5.74, 6) is 1.89. The number of amides is 1. The van der Waals surface area contributed by atoms with Gasteiger partial charge in [-0.25, -0.2) is 0 Å². The molecule has 0 saturated heterocycles. The topological polar surface area (TPSA) is 68.5 Å². The Bertz CT molecular complexity index is 1160. The molecule has 0 aliphatic carbocycles. The molecule has 33 heavy (non-hydrogen) atoms. The fourth-order valence-corrected chi connectivity index (χ4v) is 3.78. The molecular formula is C27H27N3O3. The third kappa shape index (κ3) is 5.47. The standard InChI is InChI=1S/C27H27N3O3/c1-20(21-10-5-3-6-11-21)30(23-12-7-4-8-13-23)26(31)15-9-14-25-28-27(29-33-25)22-16-18-24(32-2)19-17-22/h3-8,10-13,16-20H,9,14-15H2,1-2H3/t20-/m0/s1. The zero-order chi connectivity index (χ0) is 23.0. The minimum absolute atomic E-state index is 0.0625. The highest BCUT2D eigenvalue weighted by atomic mass is 16.5. The summed E-state index contributed by atoms with van der Waals surface area (Å²) in [6.07, 6.45) is 1.54. The zero-order valence-corrected chi connectivity index (χ0v) is 18.8. The monoisotopic (exact) mass is 441 g/mol. The number of carbonyl (C=O) groups is 1. The number of para-hydroxylation sites is 1. The van der Waals surface area contributed by atoms with Crippen molar-refractivity contribution in [1.82, 2.24) is 10.1 Å². The molecule has 0 saturated carbocycles. The lowest BCUT2D eigenvalue weighted by molar-refractivity contribution is -0.119. The molecule has 0 unspecified atom stereocenters. The highest BCUT2D eigenvalue weighted by molar-refractivity contribution is 5.94. The van der Waals surface area contributed by atoms with Crippen LogP contribution in [0.5, 0.6) is 5.75 Å². The number of carbonyl (C=O) groups excluding carboxylic acids is 1. The molecule has 1 amide bonds. The van der Waals surface area contributed by atoms with Gasteiger partial charge in [0.2, 0.25) is 17.6 Å². The summed E-state index contributed by atoms with van der Waals surface area (Å²) in [6, 6.07) is 27.3. The number of aromatic nitrogens is 2. The second kappa shape index (κ2) is 10.6. The highest BCUT2D eigenvalue weighted by Gasteiger charge is 2.23. The molecule has 0 aliphatic rings. The molecule has 4 rings (SSSR count). The number of methoxy groups -OCH3 is 1. The van der Waals surface area contributed by atoms with Gasteiger partial charge in [0.15, 0.2) is 0 Å². The molecule has 0 radical (unpaired) electrons. The second-order valence-electron chi connectivity index (χ2n) is 7.78. The first kappa shape index (κ1) is 22.3. The van der Waals surface area contributed by atoms with Gasteiger partial charge in [0.1, 0.15) is 5.75 Å². The van der Waals surface area contributed by atoms with E-state index < -0.39 is 0 Å². The van der Waals surface area contributed by atoms with Crippen molar-refractivity contribution in [2.24, 2.45) is 0 Å². The average Bonchev–Trinajstić information content (AvgIpc) is 3.34. The molecule has 1 aromatic heterocycles. The SMILES string of the molecule is COc1ccc(-c2noc(CCCC(=O)N(c3ccccc3)[C@@H](C)c3ccccc3)n2)cc1. The Morgan fingerprint density at radius 3 is 2.30 bits per heavy atom. The maximum atomic E-state index is 13.3. The number of rotatable bonds is 9. The Labute approximate surface area is 193 Å². The maximum absolute atomic E-state index is 13.3. The minimum Gasteiger partial charge on any atom is -0.497 e. The summed E-state index contributed by atoms with van der Waals surface area (Å²) < 4.78 is 10.6. The van der Waals surface area contributed by atoms with Gasteiger partial charge in [-0.2, -0.15) is 4.98 Å². The van der Waals surface area contributed by atoms with Crippen molar-refractivity contribution in [3.05, 3.63) is 96.4 Å². The van der Waals surface area contributed by atoms with Crippen molar-refractivity contribution in [1.29, 1.82) is 0 Å². The third-order valence-corrected chi connectivity index (χ3v) is 5.57. The van der Waals surface area contributed by atoms with Gasteiger partial charge in [-0.1, -0.05) is 53.7 Å². The molecule has 1 heterocycles. The normalized spacial score (nSPS) is 11.7. The molecule has 0 spiro atoms. The van der Waals surface area contributed by atoms with Crippen molar-refractivity contribution in [3.8, 4) is 17.1 Å². The molecule has 4 aromatic rings. The van der Waals surface area contributed by atoms with Crippen LogP contribution in [0, 0.1) is 0 Å². The van der Waals surface area contributed by atoms with Gasteiger partial charge in [0.05, 0.1) is 13.2 Å². The van der Waals surface area contributed by atoms with E-state index in [0.29, 0.717) is 31.0 Å². The van der Waals surface area contributed by atoms with Crippen LogP contribution in [0.15, 0.2) is 89.5 Å². The first-order valence-electron chi connectivity index (χ1n) is 11.0. The van der Waals surface area contributed by atoms with Gasteiger partial charge in [0, 0.05) is 24.1 Å². The molecule has 0 fully saturated rings. The lowest BCUT2D eigenvalue weighted by Crippen LogP contribution is -2.33. The summed E-state index contributed by atoms with van der Waals surface area (Å²) in [5.41, 5.74) is 2.84. The van der Waals surface area contributed by atoms with Crippen LogP contribution in [0.25, 0.3) is 11.4 Å². The van der Waals surface area contributed by atoms with Crippen molar-refractivity contribution in [3.63, 3.8) is 0 Å². The summed E-state index contributed by atoms with van der Waals surface area (Å²) >= 11 is 0. The second-order valence-corrected chi connectivity index (χ2v) is 7.78. The van der Waals surface area contributed by atoms with Crippen LogP contribution >= 0.6 is 0 Å². The Morgan fingerprint density at radius 2 is 1.64 bits per heavy atom. The summed E-state index contributed by atoms with van der Waals surface area (Å²) in [5, 5.41) is 4.07. The van der Waals surface area contributed by atoms with Crippen LogP contribution in [-0.2, 0) is 11.2 Å². The van der Waals surface area contributed by atoms with Crippen LogP contribution in [0.4, 0.5) is 5.69 Å². The van der Waals surface area contributed by atoms with E-state index in [1.807, 2.05) is 89.8 Å². The third-order valence-electron chi connectivity index (χ3n) is 5.57. The molecule has 0 N–H and O–H groups in total. The Balaban J connectivity index is 1.41. The highest BCUT2D eigenvalue weighted by Crippen LogP contribution is 2.28. The minimum atomic E-state index is -0.0776. The largest absolute Gasteiger partial charge is 0.497 e. The number of ether oxygens (including phenoxy) is 1. The van der Waals surface area contributed by atoms with E-state index in [4.69, 9.17) is 9.26 Å². The summed E-state index contributed by atoms with van der Waals surface area (Å²) in [7, 11) is 1.63. The van der Waals surface area contributed by atoms with E-state index in [0.717, 1.165) is 22.6 Å². The van der Waals surface area contributed by atoms with Crippen molar-refractivity contribution < 1.29 is 14.1 Å². The van der Waals surface area contributed by atoms with E-state index in [2.05, 4.69) is 17.1 Å². The van der Waals surface area contributed by atoms with Crippen molar-refractivity contribution in [2.45, 2.75) is 32.2 Å². The van der Waals surface area contributed by atoms with Crippen LogP contribution in [0.1, 0.15) is 37.3 Å². The lowest BCUT2D eigenvalue weighted by Gasteiger charge is -2.30. The zero-order valence-electron chi connectivity index (χ0n) is 18.8. The molecule has 0 bridgehead atoms. The average molecular weight is 442 g/mol. The van der Waals surface area contributed by atoms with Crippen LogP contribution in [0.3, 0.4) is 0 Å². The predicted molar refractivity (Wildman–Crippen MR) is 128 cm³/mol. The summed E-state index contributed by atoms with van der Waals surface area (Å²) in [6.45, 7) is 2.05. The van der Waals surface area contributed by atoms with Crippen molar-refractivity contribution >= 4 is 11.6 Å². The fraction of sp³-hybridized carbons (Fsp3) is 0.222. The Kier molecular flexibility index (Phi) is 7.15.